The second kappa shape index (κ2) is 5.74. The first-order chi connectivity index (χ1) is 9.64. The van der Waals surface area contributed by atoms with Crippen LogP contribution in [0.1, 0.15) is 5.56 Å². The van der Waals surface area contributed by atoms with Gasteiger partial charge in [-0.15, -0.1) is 5.54 Å². The van der Waals surface area contributed by atoms with E-state index in [2.05, 4.69) is 50.7 Å². The Hall–Kier alpha value is -1.45. The molecule has 0 saturated carbocycles. The largest absolute Gasteiger partial charge is 0.544 e. The fourth-order valence-corrected chi connectivity index (χ4v) is 3.36. The predicted molar refractivity (Wildman–Crippen MR) is 94.4 cm³/mol. The van der Waals surface area contributed by atoms with Crippen LogP contribution in [0.5, 0.6) is 5.75 Å². The molecule has 21 heavy (non-hydrogen) atoms. The second-order valence-electron chi connectivity index (χ2n) is 7.30. The van der Waals surface area contributed by atoms with Crippen LogP contribution in [0.25, 0.3) is 5.76 Å². The molecule has 1 unspecified atom stereocenters. The molecule has 0 saturated heterocycles. The van der Waals surface area contributed by atoms with Crippen molar-refractivity contribution in [2.45, 2.75) is 45.4 Å². The third-order valence-electron chi connectivity index (χ3n) is 2.71. The molecule has 112 valence electrons. The molecular weight excluding hydrogens is 292 g/mol. The summed E-state index contributed by atoms with van der Waals surface area (Å²) in [6.45, 7) is 13.3. The molecule has 1 aliphatic rings. The van der Waals surface area contributed by atoms with Gasteiger partial charge in [-0.05, 0) is 31.8 Å². The van der Waals surface area contributed by atoms with Crippen LogP contribution in [0.3, 0.4) is 0 Å². The van der Waals surface area contributed by atoms with Gasteiger partial charge in [0.05, 0.1) is 5.56 Å². The summed E-state index contributed by atoms with van der Waals surface area (Å²) in [6, 6.07) is 8.03. The average molecular weight is 317 g/mol. The number of hydrogen-bond donors (Lipinski definition) is 0. The Kier molecular flexibility index (Phi) is 4.36. The Bertz CT molecular complexity index is 610. The molecule has 1 aromatic rings. The van der Waals surface area contributed by atoms with E-state index in [4.69, 9.17) is 9.16 Å². The molecular formula is C17H24O2Si2. The van der Waals surface area contributed by atoms with Gasteiger partial charge in [-0.1, -0.05) is 37.7 Å². The lowest BCUT2D eigenvalue weighted by molar-refractivity contribution is 0.292. The number of para-hydroxylation sites is 1. The summed E-state index contributed by atoms with van der Waals surface area (Å²) < 4.78 is 12.2. The molecule has 0 bridgehead atoms. The number of benzene rings is 1. The third-order valence-corrected chi connectivity index (χ3v) is 4.44. The second-order valence-corrected chi connectivity index (χ2v) is 16.5. The molecule has 2 rings (SSSR count). The fraction of sp³-hybridized carbons (Fsp3) is 0.412. The number of hydrogen-bond acceptors (Lipinski definition) is 2. The summed E-state index contributed by atoms with van der Waals surface area (Å²) in [4.78, 5) is 0. The molecule has 0 fully saturated rings. The van der Waals surface area contributed by atoms with E-state index in [0.29, 0.717) is 0 Å². The van der Waals surface area contributed by atoms with E-state index < -0.39 is 16.4 Å². The van der Waals surface area contributed by atoms with E-state index in [0.717, 1.165) is 17.1 Å². The quantitative estimate of drug-likeness (QED) is 0.590. The van der Waals surface area contributed by atoms with Gasteiger partial charge in [0.2, 0.25) is 8.32 Å². The van der Waals surface area contributed by atoms with Crippen molar-refractivity contribution >= 4 is 22.2 Å². The minimum absolute atomic E-state index is 0.210. The SMILES string of the molecule is C[Si](C)(C)C#CC1C=C(O[Si](C)(C)C)c2ccccc2O1. The topological polar surface area (TPSA) is 18.5 Å². The zero-order chi connectivity index (χ0) is 15.7. The zero-order valence-corrected chi connectivity index (χ0v) is 15.8. The van der Waals surface area contributed by atoms with Crippen molar-refractivity contribution in [3.05, 3.63) is 35.9 Å². The summed E-state index contributed by atoms with van der Waals surface area (Å²) >= 11 is 0. The molecule has 0 radical (unpaired) electrons. The Morgan fingerprint density at radius 3 is 2.33 bits per heavy atom. The van der Waals surface area contributed by atoms with Crippen molar-refractivity contribution in [3.63, 3.8) is 0 Å². The molecule has 0 amide bonds. The molecule has 0 spiro atoms. The molecule has 1 aromatic carbocycles. The van der Waals surface area contributed by atoms with Crippen molar-refractivity contribution in [2.24, 2.45) is 0 Å². The van der Waals surface area contributed by atoms with Crippen LogP contribution in [0.2, 0.25) is 39.3 Å². The van der Waals surface area contributed by atoms with Crippen LogP contribution >= 0.6 is 0 Å². The van der Waals surface area contributed by atoms with Gasteiger partial charge >= 0.3 is 0 Å². The lowest BCUT2D eigenvalue weighted by Crippen LogP contribution is -2.27. The van der Waals surface area contributed by atoms with E-state index in [9.17, 15) is 0 Å². The molecule has 4 heteroatoms. The monoisotopic (exact) mass is 316 g/mol. The molecule has 0 N–H and O–H groups in total. The maximum atomic E-state index is 6.23. The highest BCUT2D eigenvalue weighted by Crippen LogP contribution is 2.34. The minimum Gasteiger partial charge on any atom is -0.544 e. The first kappa shape index (κ1) is 15.9. The molecule has 1 atom stereocenters. The first-order valence-corrected chi connectivity index (χ1v) is 14.2. The summed E-state index contributed by atoms with van der Waals surface area (Å²) in [5, 5.41) is 0. The van der Waals surface area contributed by atoms with Crippen molar-refractivity contribution in [2.75, 3.05) is 0 Å². The molecule has 1 heterocycles. The van der Waals surface area contributed by atoms with Crippen molar-refractivity contribution < 1.29 is 9.16 Å². The van der Waals surface area contributed by atoms with Crippen LogP contribution in [0, 0.1) is 11.5 Å². The maximum absolute atomic E-state index is 6.23. The van der Waals surface area contributed by atoms with Gasteiger partial charge in [0.15, 0.2) is 6.10 Å². The van der Waals surface area contributed by atoms with Crippen LogP contribution in [-0.2, 0) is 4.43 Å². The van der Waals surface area contributed by atoms with Crippen molar-refractivity contribution in [1.29, 1.82) is 0 Å². The predicted octanol–water partition coefficient (Wildman–Crippen LogP) is 4.52. The van der Waals surface area contributed by atoms with E-state index >= 15 is 0 Å². The van der Waals surface area contributed by atoms with Gasteiger partial charge in [0, 0.05) is 6.08 Å². The smallest absolute Gasteiger partial charge is 0.242 e. The van der Waals surface area contributed by atoms with E-state index in [1.165, 1.54) is 0 Å². The standard InChI is InChI=1S/C17H24O2Si2/c1-20(2,3)12-11-14-13-17(19-21(4,5)6)15-9-7-8-10-16(15)18-14/h7-10,13-14H,1-6H3. The Morgan fingerprint density at radius 1 is 1.05 bits per heavy atom. The van der Waals surface area contributed by atoms with Crippen LogP contribution in [0.15, 0.2) is 30.3 Å². The summed E-state index contributed by atoms with van der Waals surface area (Å²) in [6.07, 6.45) is 1.81. The van der Waals surface area contributed by atoms with Gasteiger partial charge in [-0.2, -0.15) is 0 Å². The average Bonchev–Trinajstić information content (AvgIpc) is 2.34. The van der Waals surface area contributed by atoms with Crippen LogP contribution in [0.4, 0.5) is 0 Å². The minimum atomic E-state index is -1.67. The number of fused-ring (bicyclic) bond motifs is 1. The van der Waals surface area contributed by atoms with Gasteiger partial charge in [0.1, 0.15) is 19.6 Å². The fourth-order valence-electron chi connectivity index (χ4n) is 1.95. The van der Waals surface area contributed by atoms with Gasteiger partial charge in [0.25, 0.3) is 0 Å². The number of rotatable bonds is 2. The third kappa shape index (κ3) is 4.80. The zero-order valence-electron chi connectivity index (χ0n) is 13.8. The normalized spacial score (nSPS) is 17.8. The highest BCUT2D eigenvalue weighted by atomic mass is 28.4. The summed E-state index contributed by atoms with van der Waals surface area (Å²) in [5.74, 6) is 5.05. The highest BCUT2D eigenvalue weighted by Gasteiger charge is 2.25. The molecule has 0 aromatic heterocycles. The van der Waals surface area contributed by atoms with Crippen molar-refractivity contribution in [3.8, 4) is 17.2 Å². The van der Waals surface area contributed by atoms with Crippen LogP contribution in [-0.4, -0.2) is 22.5 Å². The van der Waals surface area contributed by atoms with Gasteiger partial charge < -0.3 is 9.16 Å². The Morgan fingerprint density at radius 2 is 1.71 bits per heavy atom. The van der Waals surface area contributed by atoms with E-state index in [1.807, 2.05) is 30.3 Å². The number of ether oxygens (including phenoxy) is 1. The molecule has 1 aliphatic heterocycles. The molecule has 2 nitrogen and oxygen atoms in total. The highest BCUT2D eigenvalue weighted by molar-refractivity contribution is 6.83. The van der Waals surface area contributed by atoms with Crippen molar-refractivity contribution in [1.82, 2.24) is 0 Å². The van der Waals surface area contributed by atoms with E-state index in [1.54, 1.807) is 0 Å². The Labute approximate surface area is 130 Å². The first-order valence-electron chi connectivity index (χ1n) is 7.34. The summed E-state index contributed by atoms with van der Waals surface area (Å²) in [5.41, 5.74) is 4.41. The molecule has 0 aliphatic carbocycles. The lowest BCUT2D eigenvalue weighted by atomic mass is 10.1. The summed E-state index contributed by atoms with van der Waals surface area (Å²) in [7, 11) is -3.07. The lowest BCUT2D eigenvalue weighted by Gasteiger charge is -2.28. The van der Waals surface area contributed by atoms with Gasteiger partial charge in [-0.25, -0.2) is 0 Å². The van der Waals surface area contributed by atoms with E-state index in [-0.39, 0.29) is 6.10 Å². The van der Waals surface area contributed by atoms with Crippen LogP contribution < -0.4 is 4.74 Å². The van der Waals surface area contributed by atoms with Gasteiger partial charge in [-0.3, -0.25) is 0 Å². The Balaban J connectivity index is 2.36. The maximum Gasteiger partial charge on any atom is 0.242 e.